The SMILES string of the molecule is CC1(C)OCC(CCn2ncc3ccc(F)cc32)O1. The summed E-state index contributed by atoms with van der Waals surface area (Å²) in [6.45, 7) is 5.11. The second-order valence-corrected chi connectivity index (χ2v) is 5.31. The fraction of sp³-hybridized carbons (Fsp3) is 0.500. The van der Waals surface area contributed by atoms with Gasteiger partial charge in [0.15, 0.2) is 5.79 Å². The van der Waals surface area contributed by atoms with Gasteiger partial charge in [0, 0.05) is 11.9 Å². The summed E-state index contributed by atoms with van der Waals surface area (Å²) in [6.07, 6.45) is 2.63. The summed E-state index contributed by atoms with van der Waals surface area (Å²) in [6, 6.07) is 4.70. The topological polar surface area (TPSA) is 36.3 Å². The second kappa shape index (κ2) is 4.58. The Balaban J connectivity index is 1.70. The van der Waals surface area contributed by atoms with Crippen molar-refractivity contribution < 1.29 is 13.9 Å². The Morgan fingerprint density at radius 2 is 2.32 bits per heavy atom. The molecule has 0 aliphatic carbocycles. The number of halogens is 1. The third kappa shape index (κ3) is 2.62. The van der Waals surface area contributed by atoms with Gasteiger partial charge in [0.2, 0.25) is 0 Å². The quantitative estimate of drug-likeness (QED) is 0.855. The van der Waals surface area contributed by atoms with Gasteiger partial charge >= 0.3 is 0 Å². The van der Waals surface area contributed by atoms with Crippen molar-refractivity contribution in [2.24, 2.45) is 0 Å². The van der Waals surface area contributed by atoms with E-state index in [-0.39, 0.29) is 11.9 Å². The highest BCUT2D eigenvalue weighted by molar-refractivity contribution is 5.78. The second-order valence-electron chi connectivity index (χ2n) is 5.31. The van der Waals surface area contributed by atoms with E-state index in [2.05, 4.69) is 5.10 Å². The number of benzene rings is 1. The van der Waals surface area contributed by atoms with Crippen LogP contribution in [0.4, 0.5) is 4.39 Å². The molecule has 5 heteroatoms. The van der Waals surface area contributed by atoms with Gasteiger partial charge in [-0.05, 0) is 38.5 Å². The lowest BCUT2D eigenvalue weighted by Crippen LogP contribution is -2.22. The van der Waals surface area contributed by atoms with Crippen molar-refractivity contribution in [2.75, 3.05) is 6.61 Å². The molecule has 1 aliphatic rings. The molecule has 3 rings (SSSR count). The standard InChI is InChI=1S/C14H17FN2O2/c1-14(2)18-9-12(19-14)5-6-17-13-7-11(15)4-3-10(13)8-16-17/h3-4,7-8,12H,5-6,9H2,1-2H3. The molecule has 1 aliphatic heterocycles. The van der Waals surface area contributed by atoms with Crippen LogP contribution in [0, 0.1) is 5.82 Å². The Hall–Kier alpha value is -1.46. The largest absolute Gasteiger partial charge is 0.348 e. The van der Waals surface area contributed by atoms with Gasteiger partial charge in [0.25, 0.3) is 0 Å². The molecule has 0 N–H and O–H groups in total. The minimum atomic E-state index is -0.497. The van der Waals surface area contributed by atoms with Crippen molar-refractivity contribution >= 4 is 10.9 Å². The number of ether oxygens (including phenoxy) is 2. The number of nitrogens with zero attached hydrogens (tertiary/aromatic N) is 2. The van der Waals surface area contributed by atoms with Crippen LogP contribution in [0.2, 0.25) is 0 Å². The van der Waals surface area contributed by atoms with Gasteiger partial charge in [0.05, 0.1) is 24.4 Å². The van der Waals surface area contributed by atoms with Crippen molar-refractivity contribution in [3.8, 4) is 0 Å². The molecule has 0 spiro atoms. The number of hydrogen-bond donors (Lipinski definition) is 0. The predicted octanol–water partition coefficient (Wildman–Crippen LogP) is 2.72. The van der Waals surface area contributed by atoms with E-state index >= 15 is 0 Å². The van der Waals surface area contributed by atoms with Crippen LogP contribution in [-0.2, 0) is 16.0 Å². The highest BCUT2D eigenvalue weighted by Gasteiger charge is 2.32. The van der Waals surface area contributed by atoms with Crippen LogP contribution in [0.15, 0.2) is 24.4 Å². The average Bonchev–Trinajstić information content (AvgIpc) is 2.90. The van der Waals surface area contributed by atoms with E-state index < -0.39 is 5.79 Å². The molecule has 0 saturated carbocycles. The molecule has 4 nitrogen and oxygen atoms in total. The fourth-order valence-corrected chi connectivity index (χ4v) is 2.39. The molecule has 1 aromatic carbocycles. The van der Waals surface area contributed by atoms with Crippen molar-refractivity contribution in [3.63, 3.8) is 0 Å². The monoisotopic (exact) mass is 264 g/mol. The molecular formula is C14H17FN2O2. The van der Waals surface area contributed by atoms with E-state index in [0.717, 1.165) is 17.3 Å². The van der Waals surface area contributed by atoms with E-state index in [1.807, 2.05) is 18.5 Å². The predicted molar refractivity (Wildman–Crippen MR) is 69.2 cm³/mol. The lowest BCUT2D eigenvalue weighted by atomic mass is 10.2. The first-order valence-corrected chi connectivity index (χ1v) is 6.46. The van der Waals surface area contributed by atoms with Gasteiger partial charge in [-0.1, -0.05) is 0 Å². The smallest absolute Gasteiger partial charge is 0.163 e. The van der Waals surface area contributed by atoms with E-state index in [4.69, 9.17) is 9.47 Å². The van der Waals surface area contributed by atoms with Gasteiger partial charge in [-0.25, -0.2) is 4.39 Å². The van der Waals surface area contributed by atoms with Crippen LogP contribution in [0.5, 0.6) is 0 Å². The highest BCUT2D eigenvalue weighted by Crippen LogP contribution is 2.25. The van der Waals surface area contributed by atoms with Gasteiger partial charge in [-0.15, -0.1) is 0 Å². The van der Waals surface area contributed by atoms with Crippen LogP contribution < -0.4 is 0 Å². The molecule has 1 saturated heterocycles. The minimum Gasteiger partial charge on any atom is -0.348 e. The Kier molecular flexibility index (Phi) is 3.03. The van der Waals surface area contributed by atoms with Gasteiger partial charge in [0.1, 0.15) is 5.82 Å². The van der Waals surface area contributed by atoms with Crippen molar-refractivity contribution in [1.29, 1.82) is 0 Å². The number of fused-ring (bicyclic) bond motifs is 1. The molecule has 1 unspecified atom stereocenters. The van der Waals surface area contributed by atoms with Crippen LogP contribution in [0.25, 0.3) is 10.9 Å². The summed E-state index contributed by atoms with van der Waals surface area (Å²) in [5.74, 6) is -0.737. The normalized spacial score (nSPS) is 22.2. The lowest BCUT2D eigenvalue weighted by Gasteiger charge is -2.17. The highest BCUT2D eigenvalue weighted by atomic mass is 19.1. The first-order chi connectivity index (χ1) is 9.03. The van der Waals surface area contributed by atoms with Crippen LogP contribution in [-0.4, -0.2) is 28.3 Å². The summed E-state index contributed by atoms with van der Waals surface area (Å²) < 4.78 is 26.3. The Bertz CT molecular complexity index is 594. The molecule has 1 aromatic heterocycles. The van der Waals surface area contributed by atoms with Crippen molar-refractivity contribution in [1.82, 2.24) is 9.78 Å². The molecule has 0 amide bonds. The summed E-state index contributed by atoms with van der Waals surface area (Å²) in [5.41, 5.74) is 0.818. The third-order valence-corrected chi connectivity index (χ3v) is 3.34. The molecule has 2 aromatic rings. The molecular weight excluding hydrogens is 247 g/mol. The van der Waals surface area contributed by atoms with E-state index in [0.29, 0.717) is 13.2 Å². The first-order valence-electron chi connectivity index (χ1n) is 6.46. The zero-order valence-electron chi connectivity index (χ0n) is 11.1. The third-order valence-electron chi connectivity index (χ3n) is 3.34. The zero-order chi connectivity index (χ0) is 13.5. The fourth-order valence-electron chi connectivity index (χ4n) is 2.39. The minimum absolute atomic E-state index is 0.0720. The van der Waals surface area contributed by atoms with E-state index in [1.54, 1.807) is 12.3 Å². The van der Waals surface area contributed by atoms with Crippen LogP contribution >= 0.6 is 0 Å². The first kappa shape index (κ1) is 12.6. The maximum Gasteiger partial charge on any atom is 0.163 e. The average molecular weight is 264 g/mol. The summed E-state index contributed by atoms with van der Waals surface area (Å²) in [4.78, 5) is 0. The molecule has 0 radical (unpaired) electrons. The Labute approximate surface area is 111 Å². The Morgan fingerprint density at radius 3 is 3.05 bits per heavy atom. The molecule has 102 valence electrons. The lowest BCUT2D eigenvalue weighted by molar-refractivity contribution is -0.139. The maximum absolute atomic E-state index is 13.3. The van der Waals surface area contributed by atoms with Crippen molar-refractivity contribution in [2.45, 2.75) is 38.7 Å². The molecule has 19 heavy (non-hydrogen) atoms. The van der Waals surface area contributed by atoms with Gasteiger partial charge < -0.3 is 9.47 Å². The Morgan fingerprint density at radius 1 is 1.47 bits per heavy atom. The number of aryl methyl sites for hydroxylation is 1. The molecule has 1 atom stereocenters. The number of hydrogen-bond acceptors (Lipinski definition) is 3. The summed E-state index contributed by atoms with van der Waals surface area (Å²) in [7, 11) is 0. The maximum atomic E-state index is 13.3. The van der Waals surface area contributed by atoms with E-state index in [1.165, 1.54) is 12.1 Å². The summed E-state index contributed by atoms with van der Waals surface area (Å²) in [5, 5.41) is 5.24. The van der Waals surface area contributed by atoms with E-state index in [9.17, 15) is 4.39 Å². The van der Waals surface area contributed by atoms with Crippen LogP contribution in [0.1, 0.15) is 20.3 Å². The molecule has 2 heterocycles. The van der Waals surface area contributed by atoms with Crippen LogP contribution in [0.3, 0.4) is 0 Å². The zero-order valence-corrected chi connectivity index (χ0v) is 11.1. The molecule has 0 bridgehead atoms. The number of aromatic nitrogens is 2. The summed E-state index contributed by atoms with van der Waals surface area (Å²) >= 11 is 0. The molecule has 1 fully saturated rings. The van der Waals surface area contributed by atoms with Gasteiger partial charge in [-0.2, -0.15) is 5.10 Å². The van der Waals surface area contributed by atoms with Gasteiger partial charge in [-0.3, -0.25) is 4.68 Å². The number of rotatable bonds is 3. The van der Waals surface area contributed by atoms with Crippen molar-refractivity contribution in [3.05, 3.63) is 30.2 Å².